The Morgan fingerprint density at radius 3 is 2.58 bits per heavy atom. The molecule has 1 aliphatic carbocycles. The highest BCUT2D eigenvalue weighted by Gasteiger charge is 2.20. The Balaban J connectivity index is 1.46. The van der Waals surface area contributed by atoms with Crippen molar-refractivity contribution < 1.29 is 13.2 Å². The van der Waals surface area contributed by atoms with E-state index in [-0.39, 0.29) is 15.7 Å². The number of methoxy groups -OCH3 is 1. The molecular formula is C28H30ClN5O3S. The van der Waals surface area contributed by atoms with Crippen molar-refractivity contribution in [2.75, 3.05) is 17.1 Å². The quantitative estimate of drug-likeness (QED) is 0.259. The van der Waals surface area contributed by atoms with Crippen LogP contribution in [0.25, 0.3) is 22.0 Å². The number of pyridine rings is 1. The fourth-order valence-electron chi connectivity index (χ4n) is 4.88. The lowest BCUT2D eigenvalue weighted by Crippen LogP contribution is -2.23. The van der Waals surface area contributed by atoms with E-state index in [1.807, 2.05) is 12.3 Å². The minimum atomic E-state index is -3.92. The first-order valence-corrected chi connectivity index (χ1v) is 14.6. The van der Waals surface area contributed by atoms with Gasteiger partial charge in [-0.25, -0.2) is 23.4 Å². The smallest absolute Gasteiger partial charge is 0.264 e. The maximum atomic E-state index is 12.9. The first-order chi connectivity index (χ1) is 18.4. The molecule has 0 atom stereocenters. The van der Waals surface area contributed by atoms with Gasteiger partial charge in [-0.2, -0.15) is 0 Å². The number of benzene rings is 2. The van der Waals surface area contributed by atoms with Crippen molar-refractivity contribution in [2.24, 2.45) is 0 Å². The maximum absolute atomic E-state index is 12.9. The number of nitrogens with zero attached hydrogens (tertiary/aromatic N) is 3. The number of sulfonamides is 1. The molecule has 8 nitrogen and oxygen atoms in total. The van der Waals surface area contributed by atoms with Crippen LogP contribution in [0.5, 0.6) is 5.75 Å². The lowest BCUT2D eigenvalue weighted by atomic mass is 9.96. The molecule has 2 N–H and O–H groups in total. The van der Waals surface area contributed by atoms with Crippen molar-refractivity contribution in [1.82, 2.24) is 15.0 Å². The van der Waals surface area contributed by atoms with E-state index in [1.54, 1.807) is 31.5 Å². The molecule has 0 aliphatic heterocycles. The molecular weight excluding hydrogens is 522 g/mol. The van der Waals surface area contributed by atoms with Crippen molar-refractivity contribution in [2.45, 2.75) is 56.4 Å². The Bertz CT molecular complexity index is 1570. The van der Waals surface area contributed by atoms with Gasteiger partial charge in [-0.1, -0.05) is 49.9 Å². The van der Waals surface area contributed by atoms with Crippen molar-refractivity contribution in [3.8, 4) is 16.9 Å². The van der Waals surface area contributed by atoms with Crippen molar-refractivity contribution >= 4 is 44.3 Å². The van der Waals surface area contributed by atoms with Gasteiger partial charge in [-0.15, -0.1) is 0 Å². The van der Waals surface area contributed by atoms with E-state index in [0.29, 0.717) is 17.7 Å². The first-order valence-electron chi connectivity index (χ1n) is 12.8. The SMILES string of the molecule is CCc1cc(-c2cnc(NS(=O)(=O)c3ccccc3Cl)cc2OC)cc2cnc(NC3CCCCC3)nc12. The zero-order chi connectivity index (χ0) is 26.7. The Morgan fingerprint density at radius 1 is 1.05 bits per heavy atom. The van der Waals surface area contributed by atoms with Gasteiger partial charge in [0.05, 0.1) is 17.6 Å². The molecule has 2 heterocycles. The Morgan fingerprint density at radius 2 is 1.84 bits per heavy atom. The molecule has 0 amide bonds. The van der Waals surface area contributed by atoms with Gasteiger partial charge >= 0.3 is 0 Å². The highest BCUT2D eigenvalue weighted by Crippen LogP contribution is 2.35. The molecule has 2 aromatic heterocycles. The largest absolute Gasteiger partial charge is 0.496 e. The van der Waals surface area contributed by atoms with Crippen LogP contribution in [0.1, 0.15) is 44.6 Å². The van der Waals surface area contributed by atoms with Crippen LogP contribution in [0.3, 0.4) is 0 Å². The first kappa shape index (κ1) is 26.2. The van der Waals surface area contributed by atoms with Gasteiger partial charge in [0.25, 0.3) is 10.0 Å². The summed E-state index contributed by atoms with van der Waals surface area (Å²) in [6, 6.07) is 12.3. The van der Waals surface area contributed by atoms with Gasteiger partial charge in [-0.3, -0.25) is 4.72 Å². The summed E-state index contributed by atoms with van der Waals surface area (Å²) >= 11 is 6.10. The van der Waals surface area contributed by atoms with Crippen molar-refractivity contribution in [1.29, 1.82) is 0 Å². The second kappa shape index (κ2) is 11.1. The zero-order valence-corrected chi connectivity index (χ0v) is 22.9. The van der Waals surface area contributed by atoms with Crippen LogP contribution in [0.15, 0.2) is 59.8 Å². The third-order valence-electron chi connectivity index (χ3n) is 6.84. The van der Waals surface area contributed by atoms with Crippen molar-refractivity contribution in [3.63, 3.8) is 0 Å². The number of ether oxygens (including phenoxy) is 1. The van der Waals surface area contributed by atoms with Crippen LogP contribution in [-0.2, 0) is 16.4 Å². The molecule has 1 fully saturated rings. The lowest BCUT2D eigenvalue weighted by Gasteiger charge is -2.22. The molecule has 2 aromatic carbocycles. The van der Waals surface area contributed by atoms with Crippen LogP contribution in [-0.4, -0.2) is 36.5 Å². The molecule has 4 aromatic rings. The Hall–Kier alpha value is -3.43. The van der Waals surface area contributed by atoms with Crippen LogP contribution < -0.4 is 14.8 Å². The number of nitrogens with one attached hydrogen (secondary N) is 2. The van der Waals surface area contributed by atoms with E-state index in [0.717, 1.165) is 46.9 Å². The number of hydrogen-bond donors (Lipinski definition) is 2. The van der Waals surface area contributed by atoms with Crippen molar-refractivity contribution in [3.05, 3.63) is 65.4 Å². The molecule has 0 spiro atoms. The monoisotopic (exact) mass is 551 g/mol. The fourth-order valence-corrected chi connectivity index (χ4v) is 6.40. The highest BCUT2D eigenvalue weighted by atomic mass is 35.5. The molecule has 198 valence electrons. The third-order valence-corrected chi connectivity index (χ3v) is 8.70. The number of aromatic nitrogens is 3. The third kappa shape index (κ3) is 5.54. The normalized spacial score (nSPS) is 14.4. The van der Waals surface area contributed by atoms with Gasteiger partial charge in [0.2, 0.25) is 5.95 Å². The Labute approximate surface area is 227 Å². The summed E-state index contributed by atoms with van der Waals surface area (Å²) in [6.45, 7) is 2.09. The van der Waals surface area contributed by atoms with Crippen LogP contribution in [0.2, 0.25) is 5.02 Å². The summed E-state index contributed by atoms with van der Waals surface area (Å²) in [5, 5.41) is 4.56. The van der Waals surface area contributed by atoms with E-state index >= 15 is 0 Å². The van der Waals surface area contributed by atoms with E-state index in [1.165, 1.54) is 31.4 Å². The Kier molecular flexibility index (Phi) is 7.67. The average Bonchev–Trinajstić information content (AvgIpc) is 2.93. The predicted molar refractivity (Wildman–Crippen MR) is 151 cm³/mol. The molecule has 0 bridgehead atoms. The molecule has 1 aliphatic rings. The van der Waals surface area contributed by atoms with E-state index in [4.69, 9.17) is 21.3 Å². The standard InChI is InChI=1S/C28H30ClN5O3S/c1-3-18-13-19(14-20-16-31-28(33-27(18)20)32-21-9-5-4-6-10-21)22-17-30-26(15-24(22)37-2)34-38(35,36)25-12-8-7-11-23(25)29/h7-8,11-17,21H,3-6,9-10H2,1-2H3,(H,30,34)(H,31,32,33). The number of aryl methyl sites for hydroxylation is 1. The molecule has 10 heteroatoms. The molecule has 5 rings (SSSR count). The highest BCUT2D eigenvalue weighted by molar-refractivity contribution is 7.92. The summed E-state index contributed by atoms with van der Waals surface area (Å²) < 4.78 is 33.9. The summed E-state index contributed by atoms with van der Waals surface area (Å²) in [6.07, 6.45) is 10.3. The lowest BCUT2D eigenvalue weighted by molar-refractivity contribution is 0.416. The van der Waals surface area contributed by atoms with E-state index in [2.05, 4.69) is 33.0 Å². The molecule has 0 unspecified atom stereocenters. The maximum Gasteiger partial charge on any atom is 0.264 e. The van der Waals surface area contributed by atoms with Gasteiger partial charge in [-0.05, 0) is 54.7 Å². The number of anilines is 2. The van der Waals surface area contributed by atoms with E-state index in [9.17, 15) is 8.42 Å². The molecule has 0 radical (unpaired) electrons. The minimum Gasteiger partial charge on any atom is -0.496 e. The number of halogens is 1. The topological polar surface area (TPSA) is 106 Å². The summed E-state index contributed by atoms with van der Waals surface area (Å²) in [5.74, 6) is 1.28. The van der Waals surface area contributed by atoms with Crippen LogP contribution >= 0.6 is 11.6 Å². The number of hydrogen-bond acceptors (Lipinski definition) is 7. The zero-order valence-electron chi connectivity index (χ0n) is 21.4. The van der Waals surface area contributed by atoms with Gasteiger partial charge < -0.3 is 10.1 Å². The van der Waals surface area contributed by atoms with E-state index < -0.39 is 10.0 Å². The average molecular weight is 552 g/mol. The number of rotatable bonds is 8. The predicted octanol–water partition coefficient (Wildman–Crippen LogP) is 6.46. The minimum absolute atomic E-state index is 0.0222. The second-order valence-corrected chi connectivity index (χ2v) is 11.5. The summed E-state index contributed by atoms with van der Waals surface area (Å²) in [7, 11) is -2.38. The molecule has 1 saturated carbocycles. The summed E-state index contributed by atoms with van der Waals surface area (Å²) in [5.41, 5.74) is 3.61. The fraction of sp³-hybridized carbons (Fsp3) is 0.321. The van der Waals surface area contributed by atoms with Gasteiger partial charge in [0.1, 0.15) is 16.5 Å². The summed E-state index contributed by atoms with van der Waals surface area (Å²) in [4.78, 5) is 13.8. The van der Waals surface area contributed by atoms with Crippen LogP contribution in [0.4, 0.5) is 11.8 Å². The van der Waals surface area contributed by atoms with Gasteiger partial charge in [0.15, 0.2) is 0 Å². The molecule has 38 heavy (non-hydrogen) atoms. The van der Waals surface area contributed by atoms with Gasteiger partial charge in [0, 0.05) is 35.5 Å². The molecule has 0 saturated heterocycles. The van der Waals surface area contributed by atoms with Crippen LogP contribution in [0, 0.1) is 0 Å². The second-order valence-electron chi connectivity index (χ2n) is 9.41. The number of fused-ring (bicyclic) bond motifs is 1.